The molecular weight excluding hydrogens is 240 g/mol. The van der Waals surface area contributed by atoms with Crippen molar-refractivity contribution in [3.8, 4) is 6.07 Å². The molecule has 3 heterocycles. The maximum atomic E-state index is 11.8. The number of anilines is 1. The Balaban J connectivity index is 2.28. The first-order valence-electron chi connectivity index (χ1n) is 5.69. The molecule has 2 aliphatic rings. The topological polar surface area (TPSA) is 61.9 Å². The molecule has 0 spiro atoms. The van der Waals surface area contributed by atoms with Gasteiger partial charge in [0.15, 0.2) is 5.15 Å². The fraction of sp³-hybridized carbons (Fsp3) is 0.545. The molecule has 0 aromatic carbocycles. The van der Waals surface area contributed by atoms with Gasteiger partial charge in [-0.1, -0.05) is 11.6 Å². The lowest BCUT2D eigenvalue weighted by atomic mass is 10.1. The Hall–Kier alpha value is -1.54. The fourth-order valence-electron chi connectivity index (χ4n) is 2.81. The van der Waals surface area contributed by atoms with Gasteiger partial charge in [0.1, 0.15) is 17.5 Å². The lowest BCUT2D eigenvalue weighted by Gasteiger charge is -2.34. The zero-order chi connectivity index (χ0) is 12.0. The molecule has 1 unspecified atom stereocenters. The quantitative estimate of drug-likeness (QED) is 0.648. The predicted octanol–water partition coefficient (Wildman–Crippen LogP) is 1.14. The number of hydrogen-bond acceptors (Lipinski definition) is 4. The number of nitriles is 1. The molecule has 88 valence electrons. The Kier molecular flexibility index (Phi) is 2.33. The molecule has 1 atom stereocenters. The van der Waals surface area contributed by atoms with Crippen LogP contribution in [0.4, 0.5) is 5.82 Å². The lowest BCUT2D eigenvalue weighted by Crippen LogP contribution is -2.42. The summed E-state index contributed by atoms with van der Waals surface area (Å²) in [5.41, 5.74) is -0.0211. The van der Waals surface area contributed by atoms with Gasteiger partial charge >= 0.3 is 5.69 Å². The minimum Gasteiger partial charge on any atom is -0.354 e. The molecule has 17 heavy (non-hydrogen) atoms. The molecule has 0 N–H and O–H groups in total. The average Bonchev–Trinajstić information content (AvgIpc) is 2.77. The highest BCUT2D eigenvalue weighted by Crippen LogP contribution is 2.34. The summed E-state index contributed by atoms with van der Waals surface area (Å²) in [6, 6.07) is 2.51. The SMILES string of the molecule is N#Cc1c(Cl)nc(=O)n2c1N1CCCC1CC2. The molecule has 0 aliphatic carbocycles. The second kappa shape index (κ2) is 3.74. The first-order chi connectivity index (χ1) is 8.22. The van der Waals surface area contributed by atoms with Crippen LogP contribution in [0, 0.1) is 11.3 Å². The Morgan fingerprint density at radius 2 is 2.24 bits per heavy atom. The van der Waals surface area contributed by atoms with Crippen LogP contribution >= 0.6 is 11.6 Å². The van der Waals surface area contributed by atoms with Gasteiger partial charge in [-0.2, -0.15) is 10.2 Å². The van der Waals surface area contributed by atoms with Crippen LogP contribution in [0.1, 0.15) is 24.8 Å². The molecule has 1 aromatic heterocycles. The molecule has 3 rings (SSSR count). The summed E-state index contributed by atoms with van der Waals surface area (Å²) in [7, 11) is 0. The van der Waals surface area contributed by atoms with Gasteiger partial charge in [0, 0.05) is 19.1 Å². The number of halogens is 1. The van der Waals surface area contributed by atoms with E-state index in [1.54, 1.807) is 4.57 Å². The molecule has 0 amide bonds. The van der Waals surface area contributed by atoms with Crippen molar-refractivity contribution in [3.63, 3.8) is 0 Å². The monoisotopic (exact) mass is 250 g/mol. The van der Waals surface area contributed by atoms with E-state index < -0.39 is 0 Å². The van der Waals surface area contributed by atoms with Crippen molar-refractivity contribution < 1.29 is 0 Å². The van der Waals surface area contributed by atoms with Crippen molar-refractivity contribution >= 4 is 17.4 Å². The highest BCUT2D eigenvalue weighted by Gasteiger charge is 2.34. The second-order valence-corrected chi connectivity index (χ2v) is 4.78. The van der Waals surface area contributed by atoms with Gasteiger partial charge in [-0.25, -0.2) is 4.79 Å². The van der Waals surface area contributed by atoms with Gasteiger partial charge in [0.25, 0.3) is 0 Å². The number of fused-ring (bicyclic) bond motifs is 3. The summed E-state index contributed by atoms with van der Waals surface area (Å²) in [5, 5.41) is 9.19. The molecule has 1 saturated heterocycles. The molecule has 1 aromatic rings. The van der Waals surface area contributed by atoms with E-state index in [1.807, 2.05) is 0 Å². The lowest BCUT2D eigenvalue weighted by molar-refractivity contribution is 0.474. The van der Waals surface area contributed by atoms with Gasteiger partial charge in [-0.3, -0.25) is 4.57 Å². The van der Waals surface area contributed by atoms with Crippen LogP contribution < -0.4 is 10.6 Å². The summed E-state index contributed by atoms with van der Waals surface area (Å²) in [6.45, 7) is 1.52. The van der Waals surface area contributed by atoms with E-state index in [1.165, 1.54) is 0 Å². The summed E-state index contributed by atoms with van der Waals surface area (Å²) in [5.74, 6) is 0.672. The van der Waals surface area contributed by atoms with E-state index in [4.69, 9.17) is 16.9 Å². The molecule has 5 nitrogen and oxygen atoms in total. The third-order valence-electron chi connectivity index (χ3n) is 3.56. The summed E-state index contributed by atoms with van der Waals surface area (Å²) >= 11 is 5.88. The smallest absolute Gasteiger partial charge is 0.350 e. The van der Waals surface area contributed by atoms with Crippen molar-refractivity contribution in [3.05, 3.63) is 21.2 Å². The van der Waals surface area contributed by atoms with E-state index in [2.05, 4.69) is 16.0 Å². The van der Waals surface area contributed by atoms with Crippen LogP contribution in [0.5, 0.6) is 0 Å². The van der Waals surface area contributed by atoms with Crippen molar-refractivity contribution in [2.24, 2.45) is 0 Å². The normalized spacial score (nSPS) is 21.9. The first kappa shape index (κ1) is 10.6. The minimum atomic E-state index is -0.352. The number of rotatable bonds is 0. The third-order valence-corrected chi connectivity index (χ3v) is 3.83. The molecule has 1 fully saturated rings. The third kappa shape index (κ3) is 1.44. The maximum absolute atomic E-state index is 11.8. The van der Waals surface area contributed by atoms with E-state index >= 15 is 0 Å². The highest BCUT2D eigenvalue weighted by atomic mass is 35.5. The van der Waals surface area contributed by atoms with Gasteiger partial charge in [-0.15, -0.1) is 0 Å². The standard InChI is InChI=1S/C11H11ClN4O/c12-9-8(6-13)10-15-4-1-2-7(15)3-5-16(10)11(17)14-9/h7H,1-5H2. The molecule has 0 bridgehead atoms. The molecule has 6 heteroatoms. The Bertz CT molecular complexity index is 574. The fourth-order valence-corrected chi connectivity index (χ4v) is 3.01. The van der Waals surface area contributed by atoms with Crippen molar-refractivity contribution in [2.75, 3.05) is 11.4 Å². The predicted molar refractivity (Wildman–Crippen MR) is 63.2 cm³/mol. The van der Waals surface area contributed by atoms with Crippen LogP contribution in [0.25, 0.3) is 0 Å². The average molecular weight is 251 g/mol. The summed E-state index contributed by atoms with van der Waals surface area (Å²) in [6.07, 6.45) is 3.17. The largest absolute Gasteiger partial charge is 0.354 e. The minimum absolute atomic E-state index is 0.0244. The van der Waals surface area contributed by atoms with Crippen molar-refractivity contribution in [1.82, 2.24) is 9.55 Å². The number of hydrogen-bond donors (Lipinski definition) is 0. The first-order valence-corrected chi connectivity index (χ1v) is 6.07. The van der Waals surface area contributed by atoms with Gasteiger partial charge < -0.3 is 4.90 Å². The van der Waals surface area contributed by atoms with E-state index in [0.717, 1.165) is 25.8 Å². The number of aromatic nitrogens is 2. The van der Waals surface area contributed by atoms with Crippen LogP contribution in [-0.2, 0) is 6.54 Å². The van der Waals surface area contributed by atoms with Gasteiger partial charge in [0.2, 0.25) is 0 Å². The van der Waals surface area contributed by atoms with Crippen LogP contribution in [-0.4, -0.2) is 22.1 Å². The van der Waals surface area contributed by atoms with E-state index in [9.17, 15) is 4.79 Å². The van der Waals surface area contributed by atoms with Crippen molar-refractivity contribution in [2.45, 2.75) is 31.8 Å². The Morgan fingerprint density at radius 1 is 1.41 bits per heavy atom. The summed E-state index contributed by atoms with van der Waals surface area (Å²) in [4.78, 5) is 17.6. The molecular formula is C11H11ClN4O. The molecule has 2 aliphatic heterocycles. The van der Waals surface area contributed by atoms with Crippen LogP contribution in [0.2, 0.25) is 5.15 Å². The molecule has 0 saturated carbocycles. The summed E-state index contributed by atoms with van der Waals surface area (Å²) < 4.78 is 1.58. The Morgan fingerprint density at radius 3 is 3.00 bits per heavy atom. The Labute approximate surface area is 103 Å². The second-order valence-electron chi connectivity index (χ2n) is 4.43. The maximum Gasteiger partial charge on any atom is 0.350 e. The molecule has 0 radical (unpaired) electrons. The van der Waals surface area contributed by atoms with Crippen molar-refractivity contribution in [1.29, 1.82) is 5.26 Å². The highest BCUT2D eigenvalue weighted by molar-refractivity contribution is 6.30. The van der Waals surface area contributed by atoms with E-state index in [0.29, 0.717) is 24.0 Å². The van der Waals surface area contributed by atoms with Crippen LogP contribution in [0.15, 0.2) is 4.79 Å². The van der Waals surface area contributed by atoms with Gasteiger partial charge in [0.05, 0.1) is 0 Å². The van der Waals surface area contributed by atoms with E-state index in [-0.39, 0.29) is 10.8 Å². The van der Waals surface area contributed by atoms with Crippen LogP contribution in [0.3, 0.4) is 0 Å². The number of nitrogens with zero attached hydrogens (tertiary/aromatic N) is 4. The van der Waals surface area contributed by atoms with Gasteiger partial charge in [-0.05, 0) is 19.3 Å². The zero-order valence-corrected chi connectivity index (χ0v) is 9.94. The zero-order valence-electron chi connectivity index (χ0n) is 9.19.